The molecular weight excluding hydrogens is 287 g/mol. The zero-order chi connectivity index (χ0) is 15.9. The number of hydrogen-bond donors (Lipinski definition) is 1. The molecule has 1 aromatic carbocycles. The van der Waals surface area contributed by atoms with E-state index in [0.717, 1.165) is 12.0 Å². The van der Waals surface area contributed by atoms with Gasteiger partial charge < -0.3 is 19.9 Å². The number of nitrogens with two attached hydrogens (primary N) is 1. The molecule has 1 atom stereocenters. The van der Waals surface area contributed by atoms with Gasteiger partial charge >= 0.3 is 6.18 Å². The van der Waals surface area contributed by atoms with E-state index < -0.39 is 19.6 Å². The van der Waals surface area contributed by atoms with Crippen LogP contribution in [-0.4, -0.2) is 32.7 Å². The van der Waals surface area contributed by atoms with Crippen molar-refractivity contribution in [2.75, 3.05) is 20.5 Å². The second-order valence-corrected chi connectivity index (χ2v) is 4.57. The molecule has 120 valence electrons. The molecule has 0 radical (unpaired) electrons. The molecule has 2 N–H and O–H groups in total. The van der Waals surface area contributed by atoms with Gasteiger partial charge in [0.25, 0.3) is 0 Å². The average Bonchev–Trinajstić information content (AvgIpc) is 2.43. The summed E-state index contributed by atoms with van der Waals surface area (Å²) in [5, 5.41) is 0. The highest BCUT2D eigenvalue weighted by Gasteiger charge is 2.27. The highest BCUT2D eigenvalue weighted by Crippen LogP contribution is 2.26. The Morgan fingerprint density at radius 3 is 2.57 bits per heavy atom. The number of alkyl halides is 3. The lowest BCUT2D eigenvalue weighted by Crippen LogP contribution is -2.22. The molecule has 0 aromatic heterocycles. The molecule has 0 fully saturated rings. The fraction of sp³-hybridized carbons (Fsp3) is 0.571. The molecule has 7 heteroatoms. The zero-order valence-corrected chi connectivity index (χ0v) is 12.1. The van der Waals surface area contributed by atoms with Gasteiger partial charge in [-0.3, -0.25) is 0 Å². The second-order valence-electron chi connectivity index (χ2n) is 4.57. The van der Waals surface area contributed by atoms with Crippen LogP contribution in [0.4, 0.5) is 13.2 Å². The van der Waals surface area contributed by atoms with E-state index in [0.29, 0.717) is 17.9 Å². The molecule has 0 aliphatic carbocycles. The van der Waals surface area contributed by atoms with Crippen molar-refractivity contribution in [2.45, 2.75) is 32.0 Å². The second kappa shape index (κ2) is 8.09. The van der Waals surface area contributed by atoms with Crippen LogP contribution in [0.15, 0.2) is 18.2 Å². The van der Waals surface area contributed by atoms with Crippen molar-refractivity contribution in [3.8, 4) is 11.5 Å². The summed E-state index contributed by atoms with van der Waals surface area (Å²) >= 11 is 0. The first-order valence-corrected chi connectivity index (χ1v) is 6.55. The lowest BCUT2D eigenvalue weighted by molar-refractivity contribution is -0.186. The third-order valence-electron chi connectivity index (χ3n) is 2.84. The van der Waals surface area contributed by atoms with Gasteiger partial charge in [0, 0.05) is 6.04 Å². The molecule has 1 unspecified atom stereocenters. The minimum absolute atomic E-state index is 0.0597. The van der Waals surface area contributed by atoms with Gasteiger partial charge in [-0.2, -0.15) is 13.2 Å². The Labute approximate surface area is 122 Å². The summed E-state index contributed by atoms with van der Waals surface area (Å²) in [5.41, 5.74) is 6.68. The zero-order valence-electron chi connectivity index (χ0n) is 12.1. The molecule has 4 nitrogen and oxygen atoms in total. The summed E-state index contributed by atoms with van der Waals surface area (Å²) in [6.45, 7) is 0.144. The fourth-order valence-corrected chi connectivity index (χ4v) is 1.67. The fourth-order valence-electron chi connectivity index (χ4n) is 1.67. The van der Waals surface area contributed by atoms with Crippen LogP contribution in [0.5, 0.6) is 11.5 Å². The molecule has 0 saturated heterocycles. The van der Waals surface area contributed by atoms with Crippen LogP contribution >= 0.6 is 0 Å². The number of rotatable bonds is 8. The Morgan fingerprint density at radius 1 is 1.29 bits per heavy atom. The van der Waals surface area contributed by atoms with E-state index in [1.54, 1.807) is 18.2 Å². The Hall–Kier alpha value is -1.47. The molecule has 1 aromatic rings. The Morgan fingerprint density at radius 2 is 2.00 bits per heavy atom. The van der Waals surface area contributed by atoms with Gasteiger partial charge in [0.05, 0.1) is 7.11 Å². The molecule has 0 amide bonds. The summed E-state index contributed by atoms with van der Waals surface area (Å²) in [5.74, 6) is 1.08. The van der Waals surface area contributed by atoms with Crippen LogP contribution in [0.3, 0.4) is 0 Å². The average molecular weight is 307 g/mol. The quantitative estimate of drug-likeness (QED) is 0.593. The van der Waals surface area contributed by atoms with Gasteiger partial charge in [0.2, 0.25) is 0 Å². The molecule has 1 rings (SSSR count). The van der Waals surface area contributed by atoms with Crippen LogP contribution < -0.4 is 15.2 Å². The Bertz CT molecular complexity index is 438. The van der Waals surface area contributed by atoms with Crippen LogP contribution in [0, 0.1) is 0 Å². The molecule has 0 spiro atoms. The molecule has 0 aliphatic rings. The lowest BCUT2D eigenvalue weighted by Gasteiger charge is -2.16. The maximum Gasteiger partial charge on any atom is 0.411 e. The van der Waals surface area contributed by atoms with Gasteiger partial charge in [-0.05, 0) is 36.6 Å². The summed E-state index contributed by atoms with van der Waals surface area (Å²) in [6, 6.07) is 5.00. The Kier molecular flexibility index (Phi) is 6.77. The van der Waals surface area contributed by atoms with Crippen molar-refractivity contribution in [1.82, 2.24) is 0 Å². The van der Waals surface area contributed by atoms with E-state index in [4.69, 9.17) is 15.2 Å². The van der Waals surface area contributed by atoms with Crippen LogP contribution in [0.1, 0.15) is 18.9 Å². The van der Waals surface area contributed by atoms with E-state index >= 15 is 0 Å². The smallest absolute Gasteiger partial charge is 0.411 e. The largest absolute Gasteiger partial charge is 0.497 e. The van der Waals surface area contributed by atoms with Gasteiger partial charge in [-0.15, -0.1) is 0 Å². The molecule has 0 heterocycles. The van der Waals surface area contributed by atoms with Crippen molar-refractivity contribution in [3.05, 3.63) is 23.8 Å². The number of hydrogen-bond acceptors (Lipinski definition) is 4. The number of methoxy groups -OCH3 is 1. The van der Waals surface area contributed by atoms with Gasteiger partial charge in [0.15, 0.2) is 6.79 Å². The maximum absolute atomic E-state index is 12.0. The highest BCUT2D eigenvalue weighted by atomic mass is 19.4. The molecule has 21 heavy (non-hydrogen) atoms. The number of ether oxygens (including phenoxy) is 3. The first-order valence-electron chi connectivity index (χ1n) is 6.55. The summed E-state index contributed by atoms with van der Waals surface area (Å²) in [6.07, 6.45) is -3.04. The van der Waals surface area contributed by atoms with E-state index in [-0.39, 0.29) is 6.04 Å². The predicted octanol–water partition coefficient (Wildman–Crippen LogP) is 2.89. The summed E-state index contributed by atoms with van der Waals surface area (Å²) < 4.78 is 50.7. The first-order chi connectivity index (χ1) is 9.85. The lowest BCUT2D eigenvalue weighted by atomic mass is 10.0. The number of halogens is 3. The van der Waals surface area contributed by atoms with E-state index in [1.165, 1.54) is 7.11 Å². The van der Waals surface area contributed by atoms with Gasteiger partial charge in [0.1, 0.15) is 18.1 Å². The van der Waals surface area contributed by atoms with Crippen molar-refractivity contribution in [2.24, 2.45) is 5.73 Å². The third-order valence-corrected chi connectivity index (χ3v) is 2.84. The standard InChI is InChI=1S/C14H20F3NO3/c1-3-11(18)6-10-7-12(19-2)4-5-13(10)21-9-20-8-14(15,16)17/h4-5,7,11H,3,6,8-9,18H2,1-2H3. The van der Waals surface area contributed by atoms with Crippen LogP contribution in [-0.2, 0) is 11.2 Å². The molecule has 0 aliphatic heterocycles. The molecule has 0 saturated carbocycles. The molecular formula is C14H20F3NO3. The highest BCUT2D eigenvalue weighted by molar-refractivity contribution is 5.40. The van der Waals surface area contributed by atoms with Crippen molar-refractivity contribution < 1.29 is 27.4 Å². The van der Waals surface area contributed by atoms with Gasteiger partial charge in [-0.25, -0.2) is 0 Å². The minimum Gasteiger partial charge on any atom is -0.497 e. The van der Waals surface area contributed by atoms with E-state index in [1.807, 2.05) is 6.92 Å². The minimum atomic E-state index is -4.36. The monoisotopic (exact) mass is 307 g/mol. The van der Waals surface area contributed by atoms with Crippen molar-refractivity contribution in [3.63, 3.8) is 0 Å². The maximum atomic E-state index is 12.0. The van der Waals surface area contributed by atoms with Crippen LogP contribution in [0.25, 0.3) is 0 Å². The van der Waals surface area contributed by atoms with Crippen molar-refractivity contribution in [1.29, 1.82) is 0 Å². The summed E-state index contributed by atoms with van der Waals surface area (Å²) in [4.78, 5) is 0. The first kappa shape index (κ1) is 17.6. The topological polar surface area (TPSA) is 53.7 Å². The van der Waals surface area contributed by atoms with Gasteiger partial charge in [-0.1, -0.05) is 6.92 Å². The van der Waals surface area contributed by atoms with E-state index in [9.17, 15) is 13.2 Å². The normalized spacial score (nSPS) is 13.0. The van der Waals surface area contributed by atoms with Crippen LogP contribution in [0.2, 0.25) is 0 Å². The third kappa shape index (κ3) is 6.68. The molecule has 0 bridgehead atoms. The summed E-state index contributed by atoms with van der Waals surface area (Å²) in [7, 11) is 1.53. The van der Waals surface area contributed by atoms with E-state index in [2.05, 4.69) is 4.74 Å². The SMILES string of the molecule is CCC(N)Cc1cc(OC)ccc1OCOCC(F)(F)F. The predicted molar refractivity (Wildman–Crippen MR) is 72.5 cm³/mol. The Balaban J connectivity index is 2.66. The number of benzene rings is 1. The van der Waals surface area contributed by atoms with Crippen molar-refractivity contribution >= 4 is 0 Å².